The monoisotopic (exact) mass is 363 g/mol. The van der Waals surface area contributed by atoms with E-state index in [9.17, 15) is 9.59 Å². The van der Waals surface area contributed by atoms with E-state index in [-0.39, 0.29) is 17.7 Å². The topological polar surface area (TPSA) is 80.1 Å². The molecule has 3 aromatic rings. The molecule has 1 saturated heterocycles. The molecule has 2 heterocycles. The second-order valence-electron chi connectivity index (χ2n) is 6.85. The van der Waals surface area contributed by atoms with Crippen LogP contribution in [0.5, 0.6) is 0 Å². The number of fused-ring (bicyclic) bond motifs is 1. The molecular weight excluding hydrogens is 342 g/mol. The van der Waals surface area contributed by atoms with Crippen LogP contribution in [0.2, 0.25) is 0 Å². The third kappa shape index (κ3) is 3.53. The highest BCUT2D eigenvalue weighted by Gasteiger charge is 2.21. The van der Waals surface area contributed by atoms with E-state index in [1.165, 1.54) is 0 Å². The van der Waals surface area contributed by atoms with Gasteiger partial charge in [0.2, 0.25) is 11.8 Å². The number of nitrogens with one attached hydrogen (secondary N) is 1. The van der Waals surface area contributed by atoms with Gasteiger partial charge >= 0.3 is 0 Å². The van der Waals surface area contributed by atoms with Crippen molar-refractivity contribution >= 4 is 34.2 Å². The van der Waals surface area contributed by atoms with Crippen molar-refractivity contribution in [2.45, 2.75) is 26.3 Å². The maximum Gasteiger partial charge on any atom is 0.229 e. The number of carbonyl (C=O) groups is 2. The number of rotatable bonds is 5. The molecule has 0 saturated carbocycles. The van der Waals surface area contributed by atoms with Crippen LogP contribution in [0, 0.1) is 5.92 Å². The van der Waals surface area contributed by atoms with Crippen molar-refractivity contribution in [1.29, 1.82) is 0 Å². The summed E-state index contributed by atoms with van der Waals surface area (Å²) >= 11 is 0. The van der Waals surface area contributed by atoms with Crippen LogP contribution < -0.4 is 10.2 Å². The standard InChI is InChI=1S/C20H21N5O2/c1-14(13-25-18-6-3-2-5-17(18)22-23-25)20(27)21-15-8-10-16(11-9-15)24-12-4-7-19(24)26/h2-3,5-6,8-11,14H,4,7,12-13H2,1H3,(H,21,27). The molecule has 0 radical (unpaired) electrons. The lowest BCUT2D eigenvalue weighted by molar-refractivity contribution is -0.120. The fraction of sp³-hybridized carbons (Fsp3) is 0.300. The van der Waals surface area contributed by atoms with Gasteiger partial charge < -0.3 is 10.2 Å². The van der Waals surface area contributed by atoms with Gasteiger partial charge in [0.1, 0.15) is 5.52 Å². The Labute approximate surface area is 157 Å². The molecule has 0 spiro atoms. The average molecular weight is 363 g/mol. The molecule has 7 nitrogen and oxygen atoms in total. The molecule has 1 aliphatic rings. The molecule has 27 heavy (non-hydrogen) atoms. The molecule has 1 N–H and O–H groups in total. The number of hydrogen-bond acceptors (Lipinski definition) is 4. The van der Waals surface area contributed by atoms with E-state index >= 15 is 0 Å². The van der Waals surface area contributed by atoms with Crippen molar-refractivity contribution in [3.63, 3.8) is 0 Å². The first-order valence-corrected chi connectivity index (χ1v) is 9.11. The number of anilines is 2. The van der Waals surface area contributed by atoms with E-state index in [4.69, 9.17) is 0 Å². The molecule has 2 amide bonds. The van der Waals surface area contributed by atoms with Crippen LogP contribution in [0.3, 0.4) is 0 Å². The lowest BCUT2D eigenvalue weighted by Gasteiger charge is -2.17. The number of carbonyl (C=O) groups excluding carboxylic acids is 2. The summed E-state index contributed by atoms with van der Waals surface area (Å²) in [5.74, 6) is -0.199. The number of nitrogens with zero attached hydrogens (tertiary/aromatic N) is 4. The first-order chi connectivity index (χ1) is 13.1. The predicted molar refractivity (Wildman–Crippen MR) is 103 cm³/mol. The maximum absolute atomic E-state index is 12.5. The molecule has 2 aromatic carbocycles. The van der Waals surface area contributed by atoms with Crippen LogP contribution in [0.15, 0.2) is 48.5 Å². The van der Waals surface area contributed by atoms with Crippen molar-refractivity contribution in [1.82, 2.24) is 15.0 Å². The van der Waals surface area contributed by atoms with Crippen molar-refractivity contribution in [2.24, 2.45) is 5.92 Å². The minimum absolute atomic E-state index is 0.0837. The predicted octanol–water partition coefficient (Wildman–Crippen LogP) is 2.83. The van der Waals surface area contributed by atoms with E-state index < -0.39 is 0 Å². The number of amides is 2. The Bertz CT molecular complexity index is 979. The van der Waals surface area contributed by atoms with Gasteiger partial charge in [-0.3, -0.25) is 9.59 Å². The number of para-hydroxylation sites is 1. The van der Waals surface area contributed by atoms with Gasteiger partial charge in [-0.05, 0) is 42.8 Å². The molecule has 7 heteroatoms. The number of benzene rings is 2. The quantitative estimate of drug-likeness (QED) is 0.756. The van der Waals surface area contributed by atoms with Crippen molar-refractivity contribution in [3.8, 4) is 0 Å². The van der Waals surface area contributed by atoms with Gasteiger partial charge in [-0.1, -0.05) is 24.3 Å². The van der Waals surface area contributed by atoms with Crippen molar-refractivity contribution in [3.05, 3.63) is 48.5 Å². The molecule has 0 aliphatic carbocycles. The Morgan fingerprint density at radius 3 is 2.70 bits per heavy atom. The zero-order chi connectivity index (χ0) is 18.8. The summed E-state index contributed by atoms with van der Waals surface area (Å²) in [6.07, 6.45) is 1.50. The number of hydrogen-bond donors (Lipinski definition) is 1. The van der Waals surface area contributed by atoms with Gasteiger partial charge in [-0.25, -0.2) is 4.68 Å². The Hall–Kier alpha value is -3.22. The van der Waals surface area contributed by atoms with Gasteiger partial charge in [0.15, 0.2) is 0 Å². The van der Waals surface area contributed by atoms with E-state index in [1.54, 1.807) is 9.58 Å². The summed E-state index contributed by atoms with van der Waals surface area (Å²) in [6, 6.07) is 15.1. The second kappa shape index (κ2) is 7.19. The average Bonchev–Trinajstić information content (AvgIpc) is 3.29. The summed E-state index contributed by atoms with van der Waals surface area (Å²) in [5.41, 5.74) is 3.32. The summed E-state index contributed by atoms with van der Waals surface area (Å²) in [4.78, 5) is 26.1. The van der Waals surface area contributed by atoms with E-state index in [2.05, 4.69) is 15.6 Å². The summed E-state index contributed by atoms with van der Waals surface area (Å²) < 4.78 is 1.75. The van der Waals surface area contributed by atoms with Gasteiger partial charge in [-0.15, -0.1) is 5.10 Å². The summed E-state index contributed by atoms with van der Waals surface area (Å²) in [5, 5.41) is 11.2. The lowest BCUT2D eigenvalue weighted by atomic mass is 10.1. The molecule has 1 atom stereocenters. The van der Waals surface area contributed by atoms with Gasteiger partial charge in [0.25, 0.3) is 0 Å². The molecule has 1 fully saturated rings. The van der Waals surface area contributed by atoms with Crippen LogP contribution in [0.25, 0.3) is 11.0 Å². The van der Waals surface area contributed by atoms with Crippen LogP contribution in [-0.2, 0) is 16.1 Å². The highest BCUT2D eigenvalue weighted by Crippen LogP contribution is 2.23. The Morgan fingerprint density at radius 1 is 1.19 bits per heavy atom. The van der Waals surface area contributed by atoms with Gasteiger partial charge in [0.05, 0.1) is 18.0 Å². The second-order valence-corrected chi connectivity index (χ2v) is 6.85. The minimum Gasteiger partial charge on any atom is -0.326 e. The zero-order valence-corrected chi connectivity index (χ0v) is 15.1. The zero-order valence-electron chi connectivity index (χ0n) is 15.1. The third-order valence-electron chi connectivity index (χ3n) is 4.83. The normalized spacial score (nSPS) is 15.3. The fourth-order valence-electron chi connectivity index (χ4n) is 3.31. The van der Waals surface area contributed by atoms with E-state index in [0.29, 0.717) is 18.7 Å². The first-order valence-electron chi connectivity index (χ1n) is 9.11. The summed E-state index contributed by atoms with van der Waals surface area (Å²) in [6.45, 7) is 3.07. The van der Waals surface area contributed by atoms with Gasteiger partial charge in [0, 0.05) is 24.3 Å². The van der Waals surface area contributed by atoms with Crippen LogP contribution in [-0.4, -0.2) is 33.4 Å². The Kier molecular flexibility index (Phi) is 4.58. The van der Waals surface area contributed by atoms with Gasteiger partial charge in [-0.2, -0.15) is 0 Å². The van der Waals surface area contributed by atoms with Crippen LogP contribution >= 0.6 is 0 Å². The molecule has 138 valence electrons. The Balaban J connectivity index is 1.40. The molecule has 1 aromatic heterocycles. The maximum atomic E-state index is 12.5. The highest BCUT2D eigenvalue weighted by molar-refractivity contribution is 5.96. The number of aromatic nitrogens is 3. The smallest absolute Gasteiger partial charge is 0.229 e. The molecular formula is C20H21N5O2. The largest absolute Gasteiger partial charge is 0.326 e. The van der Waals surface area contributed by atoms with Crippen molar-refractivity contribution < 1.29 is 9.59 Å². The third-order valence-corrected chi connectivity index (χ3v) is 4.83. The molecule has 1 aliphatic heterocycles. The molecule has 4 rings (SSSR count). The first kappa shape index (κ1) is 17.2. The Morgan fingerprint density at radius 2 is 1.96 bits per heavy atom. The SMILES string of the molecule is CC(Cn1nnc2ccccc21)C(=O)Nc1ccc(N2CCCC2=O)cc1. The molecule has 1 unspecified atom stereocenters. The minimum atomic E-state index is -0.269. The highest BCUT2D eigenvalue weighted by atomic mass is 16.2. The summed E-state index contributed by atoms with van der Waals surface area (Å²) in [7, 11) is 0. The lowest BCUT2D eigenvalue weighted by Crippen LogP contribution is -2.25. The van der Waals surface area contributed by atoms with Crippen LogP contribution in [0.4, 0.5) is 11.4 Å². The van der Waals surface area contributed by atoms with Crippen molar-refractivity contribution in [2.75, 3.05) is 16.8 Å². The molecule has 0 bridgehead atoms. The fourth-order valence-corrected chi connectivity index (χ4v) is 3.31. The van der Waals surface area contributed by atoms with E-state index in [0.717, 1.165) is 29.7 Å². The van der Waals surface area contributed by atoms with E-state index in [1.807, 2.05) is 55.5 Å². The van der Waals surface area contributed by atoms with Crippen LogP contribution in [0.1, 0.15) is 19.8 Å².